The lowest BCUT2D eigenvalue weighted by molar-refractivity contribution is -0.141. The largest absolute Gasteiger partial charge is 0.467 e. The standard InChI is InChI=1S/C32H35ClN6O5/c1-43-31(41)24-8-3-4-9-27(39-15-14-19(10-13-28(39)40)20-6-5-7-21(33)16-20)30-37-26(18-34)29(38-30)23-12-11-22(17-25(23)36-24)35-32(42)44-2/h5-7,11-12,16-17,19,24,27,36H,3-4,8-10,13-15H2,1-2H3,(H,35,42)(H,37,38)/t19?,24-,27+/m1/s1. The molecule has 12 heteroatoms. The third-order valence-electron chi connectivity index (χ3n) is 8.33. The summed E-state index contributed by atoms with van der Waals surface area (Å²) in [4.78, 5) is 48.3. The van der Waals surface area contributed by atoms with Crippen LogP contribution in [0.15, 0.2) is 42.5 Å². The summed E-state index contributed by atoms with van der Waals surface area (Å²) in [5.41, 5.74) is 3.19. The molecule has 1 fully saturated rings. The topological polar surface area (TPSA) is 149 Å². The number of ether oxygens (including phenoxy) is 2. The van der Waals surface area contributed by atoms with Crippen LogP contribution in [-0.2, 0) is 19.1 Å². The normalized spacial score (nSPS) is 20.5. The summed E-state index contributed by atoms with van der Waals surface area (Å²) < 4.78 is 9.81. The van der Waals surface area contributed by atoms with E-state index in [4.69, 9.17) is 26.1 Å². The van der Waals surface area contributed by atoms with E-state index < -0.39 is 18.1 Å². The lowest BCUT2D eigenvalue weighted by Gasteiger charge is -2.30. The van der Waals surface area contributed by atoms with Crippen molar-refractivity contribution in [2.24, 2.45) is 0 Å². The van der Waals surface area contributed by atoms with E-state index in [0.29, 0.717) is 72.1 Å². The highest BCUT2D eigenvalue weighted by atomic mass is 35.5. The summed E-state index contributed by atoms with van der Waals surface area (Å²) in [6.45, 7) is 0.532. The van der Waals surface area contributed by atoms with Crippen LogP contribution in [0.5, 0.6) is 0 Å². The maximum absolute atomic E-state index is 13.6. The maximum Gasteiger partial charge on any atom is 0.411 e. The lowest BCUT2D eigenvalue weighted by Crippen LogP contribution is -2.35. The van der Waals surface area contributed by atoms with Crippen LogP contribution in [0.4, 0.5) is 16.2 Å². The van der Waals surface area contributed by atoms with E-state index in [2.05, 4.69) is 27.8 Å². The van der Waals surface area contributed by atoms with Crippen LogP contribution in [0.3, 0.4) is 0 Å². The van der Waals surface area contributed by atoms with Gasteiger partial charge in [-0.25, -0.2) is 14.6 Å². The van der Waals surface area contributed by atoms with Crippen LogP contribution in [-0.4, -0.2) is 59.6 Å². The van der Waals surface area contributed by atoms with Gasteiger partial charge in [0.25, 0.3) is 0 Å². The van der Waals surface area contributed by atoms with Crippen molar-refractivity contribution in [2.45, 2.75) is 62.9 Å². The molecule has 1 saturated heterocycles. The number of aromatic amines is 1. The van der Waals surface area contributed by atoms with Crippen molar-refractivity contribution >= 4 is 40.9 Å². The highest BCUT2D eigenvalue weighted by molar-refractivity contribution is 6.30. The number of rotatable bonds is 4. The molecule has 3 N–H and O–H groups in total. The van der Waals surface area contributed by atoms with Crippen LogP contribution in [0, 0.1) is 11.3 Å². The first kappa shape index (κ1) is 30.9. The Morgan fingerprint density at radius 3 is 2.66 bits per heavy atom. The van der Waals surface area contributed by atoms with E-state index in [9.17, 15) is 19.6 Å². The Bertz CT molecular complexity index is 1580. The zero-order valence-corrected chi connectivity index (χ0v) is 25.4. The molecule has 5 rings (SSSR count). The number of aromatic nitrogens is 2. The predicted molar refractivity (Wildman–Crippen MR) is 165 cm³/mol. The summed E-state index contributed by atoms with van der Waals surface area (Å²) in [6.07, 6.45) is 3.69. The summed E-state index contributed by atoms with van der Waals surface area (Å²) in [5.74, 6) is 0.339. The molecule has 0 saturated carbocycles. The van der Waals surface area contributed by atoms with Gasteiger partial charge in [0, 0.05) is 34.9 Å². The van der Waals surface area contributed by atoms with E-state index >= 15 is 0 Å². The Morgan fingerprint density at radius 2 is 1.91 bits per heavy atom. The molecule has 1 aromatic heterocycles. The second-order valence-corrected chi connectivity index (χ2v) is 11.5. The van der Waals surface area contributed by atoms with Crippen molar-refractivity contribution in [2.75, 3.05) is 31.4 Å². The van der Waals surface area contributed by atoms with E-state index in [1.807, 2.05) is 23.1 Å². The zero-order chi connectivity index (χ0) is 31.2. The van der Waals surface area contributed by atoms with Gasteiger partial charge in [-0.3, -0.25) is 10.1 Å². The summed E-state index contributed by atoms with van der Waals surface area (Å²) in [6, 6.07) is 14.0. The second kappa shape index (κ2) is 13.8. The molecule has 0 radical (unpaired) electrons. The van der Waals surface area contributed by atoms with Gasteiger partial charge < -0.3 is 24.7 Å². The third kappa shape index (κ3) is 6.81. The molecule has 3 aromatic rings. The van der Waals surface area contributed by atoms with Crippen molar-refractivity contribution in [1.29, 1.82) is 5.26 Å². The van der Waals surface area contributed by atoms with Crippen LogP contribution < -0.4 is 10.6 Å². The van der Waals surface area contributed by atoms with Crippen LogP contribution in [0.1, 0.15) is 74.0 Å². The molecule has 0 spiro atoms. The highest BCUT2D eigenvalue weighted by Crippen LogP contribution is 2.38. The molecule has 230 valence electrons. The van der Waals surface area contributed by atoms with Crippen LogP contribution in [0.2, 0.25) is 5.02 Å². The molecule has 11 nitrogen and oxygen atoms in total. The van der Waals surface area contributed by atoms with Gasteiger partial charge in [0.1, 0.15) is 29.3 Å². The van der Waals surface area contributed by atoms with E-state index in [-0.39, 0.29) is 23.6 Å². The number of hydrogen-bond acceptors (Lipinski definition) is 8. The van der Waals surface area contributed by atoms with Crippen molar-refractivity contribution in [3.8, 4) is 17.3 Å². The minimum Gasteiger partial charge on any atom is -0.467 e. The first-order valence-electron chi connectivity index (χ1n) is 14.7. The monoisotopic (exact) mass is 618 g/mol. The second-order valence-electron chi connectivity index (χ2n) is 11.0. The Labute approximate surface area is 260 Å². The summed E-state index contributed by atoms with van der Waals surface area (Å²) >= 11 is 6.26. The number of halogens is 1. The van der Waals surface area contributed by atoms with Crippen LogP contribution >= 0.6 is 11.6 Å². The number of benzene rings is 2. The number of nitrogens with zero attached hydrogens (tertiary/aromatic N) is 3. The molecular weight excluding hydrogens is 584 g/mol. The number of fused-ring (bicyclic) bond motifs is 4. The lowest BCUT2D eigenvalue weighted by atomic mass is 9.92. The fraction of sp³-hybridized carbons (Fsp3) is 0.406. The SMILES string of the molecule is COC(=O)Nc1ccc2c(c1)N[C@@H](C(=O)OC)CCCC[C@H](N1CCC(c3cccc(Cl)c3)CCC1=O)c1nc-2c(C#N)[nH]1. The number of nitriles is 1. The Kier molecular flexibility index (Phi) is 9.70. The highest BCUT2D eigenvalue weighted by Gasteiger charge is 2.33. The molecule has 2 aliphatic rings. The van der Waals surface area contributed by atoms with Crippen molar-refractivity contribution in [3.05, 3.63) is 64.6 Å². The summed E-state index contributed by atoms with van der Waals surface area (Å²) in [7, 11) is 2.60. The smallest absolute Gasteiger partial charge is 0.411 e. The number of methoxy groups -OCH3 is 2. The molecule has 2 amide bonds. The van der Waals surface area contributed by atoms with Crippen LogP contribution in [0.25, 0.3) is 11.3 Å². The fourth-order valence-corrected chi connectivity index (χ4v) is 6.27. The molecule has 0 aliphatic carbocycles. The number of carbonyl (C=O) groups is 3. The van der Waals surface area contributed by atoms with Crippen molar-refractivity contribution < 1.29 is 23.9 Å². The number of likely N-dealkylation sites (tertiary alicyclic amines) is 1. The molecule has 1 unspecified atom stereocenters. The molecule has 2 aromatic carbocycles. The average Bonchev–Trinajstić information content (AvgIpc) is 3.36. The molecule has 44 heavy (non-hydrogen) atoms. The number of amides is 2. The number of H-pyrrole nitrogens is 1. The van der Waals surface area contributed by atoms with Gasteiger partial charge in [-0.2, -0.15) is 5.26 Å². The quantitative estimate of drug-likeness (QED) is 0.295. The number of anilines is 2. The average molecular weight is 619 g/mol. The fourth-order valence-electron chi connectivity index (χ4n) is 6.08. The van der Waals surface area contributed by atoms with Crippen molar-refractivity contribution in [3.63, 3.8) is 0 Å². The molecule has 3 atom stereocenters. The van der Waals surface area contributed by atoms with Gasteiger partial charge >= 0.3 is 12.1 Å². The number of esters is 1. The van der Waals surface area contributed by atoms with E-state index in [0.717, 1.165) is 18.4 Å². The molecular formula is C32H35ClN6O5. The van der Waals surface area contributed by atoms with E-state index in [1.165, 1.54) is 14.2 Å². The number of imidazole rings is 1. The first-order chi connectivity index (χ1) is 21.3. The predicted octanol–water partition coefficient (Wildman–Crippen LogP) is 6.14. The van der Waals surface area contributed by atoms with E-state index in [1.54, 1.807) is 18.2 Å². The number of carbonyl (C=O) groups excluding carboxylic acids is 3. The van der Waals surface area contributed by atoms with Gasteiger partial charge in [0.05, 0.1) is 20.3 Å². The van der Waals surface area contributed by atoms with Crippen molar-refractivity contribution in [1.82, 2.24) is 14.9 Å². The number of nitrogens with one attached hydrogen (secondary N) is 3. The van der Waals surface area contributed by atoms with Gasteiger partial charge in [0.2, 0.25) is 5.91 Å². The van der Waals surface area contributed by atoms with Gasteiger partial charge in [-0.15, -0.1) is 0 Å². The Morgan fingerprint density at radius 1 is 1.09 bits per heavy atom. The third-order valence-corrected chi connectivity index (χ3v) is 8.57. The minimum absolute atomic E-state index is 0.0381. The number of hydrogen-bond donors (Lipinski definition) is 3. The van der Waals surface area contributed by atoms with Gasteiger partial charge in [-0.05, 0) is 67.5 Å². The maximum atomic E-state index is 13.6. The molecule has 2 aliphatic heterocycles. The zero-order valence-electron chi connectivity index (χ0n) is 24.7. The molecule has 3 heterocycles. The van der Waals surface area contributed by atoms with Gasteiger partial charge in [0.15, 0.2) is 0 Å². The first-order valence-corrected chi connectivity index (χ1v) is 15.1. The molecule has 2 bridgehead atoms. The summed E-state index contributed by atoms with van der Waals surface area (Å²) in [5, 5.41) is 16.7. The minimum atomic E-state index is -0.688. The Hall–Kier alpha value is -4.56. The Balaban J connectivity index is 1.53. The van der Waals surface area contributed by atoms with Gasteiger partial charge in [-0.1, -0.05) is 36.6 Å².